The van der Waals surface area contributed by atoms with Crippen molar-refractivity contribution in [3.8, 4) is 0 Å². The molecule has 0 aliphatic carbocycles. The molecule has 1 aromatic carbocycles. The number of nitrogens with zero attached hydrogens (tertiary/aromatic N) is 2. The third-order valence-electron chi connectivity index (χ3n) is 3.02. The van der Waals surface area contributed by atoms with Gasteiger partial charge in [0.05, 0.1) is 17.9 Å². The summed E-state index contributed by atoms with van der Waals surface area (Å²) in [5, 5.41) is 7.30. The summed E-state index contributed by atoms with van der Waals surface area (Å²) in [6.45, 7) is 2.43. The average molecular weight is 272 g/mol. The van der Waals surface area contributed by atoms with Crippen LogP contribution < -0.4 is 10.6 Å². The van der Waals surface area contributed by atoms with Gasteiger partial charge in [-0.05, 0) is 37.3 Å². The zero-order valence-electron chi connectivity index (χ0n) is 11.5. The lowest BCUT2D eigenvalue weighted by molar-refractivity contribution is 0.621. The van der Waals surface area contributed by atoms with Gasteiger partial charge in [-0.3, -0.25) is 10.4 Å². The molecule has 2 aromatic rings. The van der Waals surface area contributed by atoms with Crippen LogP contribution in [0.1, 0.15) is 17.0 Å². The smallest absolute Gasteiger partial charge is 0.147 e. The summed E-state index contributed by atoms with van der Waals surface area (Å²) in [5.41, 5.74) is 7.99. The van der Waals surface area contributed by atoms with Crippen molar-refractivity contribution in [2.45, 2.75) is 13.5 Å². The predicted molar refractivity (Wildman–Crippen MR) is 78.5 cm³/mol. The van der Waals surface area contributed by atoms with Crippen molar-refractivity contribution >= 4 is 11.5 Å². The molecule has 104 valence electrons. The summed E-state index contributed by atoms with van der Waals surface area (Å²) in [5.74, 6) is -0.536. The van der Waals surface area contributed by atoms with E-state index in [0.717, 1.165) is 11.4 Å². The Morgan fingerprint density at radius 3 is 2.70 bits per heavy atom. The Bertz CT molecular complexity index is 640. The molecular weight excluding hydrogens is 255 g/mol. The van der Waals surface area contributed by atoms with Gasteiger partial charge in [0, 0.05) is 18.3 Å². The molecule has 0 amide bonds. The first-order chi connectivity index (χ1) is 9.47. The normalized spacial score (nSPS) is 10.3. The number of aryl methyl sites for hydroxylation is 1. The lowest BCUT2D eigenvalue weighted by Crippen LogP contribution is -2.19. The third kappa shape index (κ3) is 3.12. The number of hydrogen-bond acceptors (Lipinski definition) is 3. The molecule has 5 heteroatoms. The molecule has 3 N–H and O–H groups in total. The summed E-state index contributed by atoms with van der Waals surface area (Å²) in [7, 11) is 1.80. The maximum Gasteiger partial charge on any atom is 0.147 e. The number of nitrogens with two attached hydrogens (primary N) is 1. The molecule has 0 unspecified atom stereocenters. The second-order valence-electron chi connectivity index (χ2n) is 4.71. The van der Waals surface area contributed by atoms with Gasteiger partial charge >= 0.3 is 0 Å². The van der Waals surface area contributed by atoms with Gasteiger partial charge < -0.3 is 10.6 Å². The van der Waals surface area contributed by atoms with Gasteiger partial charge in [-0.1, -0.05) is 6.07 Å². The minimum Gasteiger partial charge on any atom is -0.384 e. The van der Waals surface area contributed by atoms with Gasteiger partial charge in [-0.25, -0.2) is 4.39 Å². The Morgan fingerprint density at radius 2 is 2.10 bits per heavy atom. The Morgan fingerprint density at radius 1 is 1.35 bits per heavy atom. The zero-order chi connectivity index (χ0) is 14.7. The van der Waals surface area contributed by atoms with E-state index in [-0.39, 0.29) is 5.84 Å². The maximum absolute atomic E-state index is 14.0. The van der Waals surface area contributed by atoms with E-state index in [4.69, 9.17) is 11.1 Å². The minimum atomic E-state index is -0.396. The van der Waals surface area contributed by atoms with Crippen LogP contribution in [0.5, 0.6) is 0 Å². The van der Waals surface area contributed by atoms with Crippen LogP contribution in [0.25, 0.3) is 0 Å². The van der Waals surface area contributed by atoms with E-state index < -0.39 is 5.82 Å². The molecule has 0 radical (unpaired) electrons. The Labute approximate surface area is 117 Å². The molecule has 20 heavy (non-hydrogen) atoms. The van der Waals surface area contributed by atoms with Crippen molar-refractivity contribution in [2.24, 2.45) is 5.73 Å². The molecule has 0 saturated heterocycles. The number of nitrogens with one attached hydrogen (secondary N) is 1. The first-order valence-corrected chi connectivity index (χ1v) is 6.25. The van der Waals surface area contributed by atoms with Gasteiger partial charge in [0.2, 0.25) is 0 Å². The van der Waals surface area contributed by atoms with Crippen LogP contribution in [0.15, 0.2) is 36.4 Å². The van der Waals surface area contributed by atoms with Gasteiger partial charge in [0.15, 0.2) is 0 Å². The molecule has 0 aliphatic heterocycles. The Kier molecular flexibility index (Phi) is 3.98. The molecule has 0 aliphatic rings. The molecule has 0 spiro atoms. The molecule has 0 fully saturated rings. The van der Waals surface area contributed by atoms with E-state index in [2.05, 4.69) is 4.98 Å². The van der Waals surface area contributed by atoms with Crippen LogP contribution in [0, 0.1) is 18.2 Å². The van der Waals surface area contributed by atoms with Crippen molar-refractivity contribution in [3.63, 3.8) is 0 Å². The van der Waals surface area contributed by atoms with E-state index in [9.17, 15) is 4.39 Å². The molecule has 0 saturated carbocycles. The number of amidine groups is 1. The lowest BCUT2D eigenvalue weighted by atomic mass is 10.1. The molecule has 0 bridgehead atoms. The fourth-order valence-corrected chi connectivity index (χ4v) is 2.00. The van der Waals surface area contributed by atoms with E-state index in [1.54, 1.807) is 24.1 Å². The van der Waals surface area contributed by atoms with Crippen molar-refractivity contribution < 1.29 is 4.39 Å². The molecular formula is C15H17FN4. The number of nitrogen functional groups attached to an aromatic ring is 1. The number of aromatic nitrogens is 1. The summed E-state index contributed by atoms with van der Waals surface area (Å²) >= 11 is 0. The Balaban J connectivity index is 2.21. The molecule has 1 heterocycles. The Hall–Kier alpha value is -2.43. The lowest BCUT2D eigenvalue weighted by Gasteiger charge is -2.20. The predicted octanol–water partition coefficient (Wildman–Crippen LogP) is 2.45. The van der Waals surface area contributed by atoms with Crippen molar-refractivity contribution in [1.29, 1.82) is 5.41 Å². The summed E-state index contributed by atoms with van der Waals surface area (Å²) in [4.78, 5) is 6.17. The molecule has 0 atom stereocenters. The minimum absolute atomic E-state index is 0.140. The number of anilines is 1. The molecule has 1 aromatic heterocycles. The van der Waals surface area contributed by atoms with Gasteiger partial charge in [-0.15, -0.1) is 0 Å². The summed E-state index contributed by atoms with van der Waals surface area (Å²) in [6, 6.07) is 10.3. The van der Waals surface area contributed by atoms with E-state index >= 15 is 0 Å². The highest BCUT2D eigenvalue weighted by Gasteiger charge is 2.10. The van der Waals surface area contributed by atoms with Gasteiger partial charge in [0.1, 0.15) is 11.7 Å². The first kappa shape index (κ1) is 14.0. The van der Waals surface area contributed by atoms with E-state index in [1.807, 2.05) is 25.1 Å². The highest BCUT2D eigenvalue weighted by atomic mass is 19.1. The number of rotatable bonds is 4. The highest BCUT2D eigenvalue weighted by molar-refractivity contribution is 5.95. The first-order valence-electron chi connectivity index (χ1n) is 6.25. The van der Waals surface area contributed by atoms with Crippen molar-refractivity contribution in [1.82, 2.24) is 4.98 Å². The SMILES string of the molecule is Cc1cccc(CN(C)c2ccc(C(=N)N)cc2F)n1. The van der Waals surface area contributed by atoms with Gasteiger partial charge in [-0.2, -0.15) is 0 Å². The number of hydrogen-bond donors (Lipinski definition) is 2. The van der Waals surface area contributed by atoms with Crippen LogP contribution in [0.3, 0.4) is 0 Å². The van der Waals surface area contributed by atoms with Crippen LogP contribution >= 0.6 is 0 Å². The summed E-state index contributed by atoms with van der Waals surface area (Å²) < 4.78 is 14.0. The fourth-order valence-electron chi connectivity index (χ4n) is 2.00. The van der Waals surface area contributed by atoms with Crippen molar-refractivity contribution in [2.75, 3.05) is 11.9 Å². The standard InChI is InChI=1S/C15H17FN4/c1-10-4-3-5-12(19-10)9-20(2)14-7-6-11(15(17)18)8-13(14)16/h3-8H,9H2,1-2H3,(H3,17,18). The van der Waals surface area contributed by atoms with Crippen LogP contribution in [0.2, 0.25) is 0 Å². The monoisotopic (exact) mass is 272 g/mol. The quantitative estimate of drug-likeness (QED) is 0.663. The number of halogens is 1. The third-order valence-corrected chi connectivity index (χ3v) is 3.02. The number of pyridine rings is 1. The van der Waals surface area contributed by atoms with E-state index in [0.29, 0.717) is 17.8 Å². The highest BCUT2D eigenvalue weighted by Crippen LogP contribution is 2.20. The van der Waals surface area contributed by atoms with Crippen molar-refractivity contribution in [3.05, 3.63) is 59.2 Å². The molecule has 2 rings (SSSR count). The van der Waals surface area contributed by atoms with Gasteiger partial charge in [0.25, 0.3) is 0 Å². The number of benzene rings is 1. The fraction of sp³-hybridized carbons (Fsp3) is 0.200. The second kappa shape index (κ2) is 5.69. The van der Waals surface area contributed by atoms with Crippen LogP contribution in [0.4, 0.5) is 10.1 Å². The topological polar surface area (TPSA) is 66.0 Å². The van der Waals surface area contributed by atoms with Crippen LogP contribution in [-0.4, -0.2) is 17.9 Å². The average Bonchev–Trinajstić information content (AvgIpc) is 2.38. The van der Waals surface area contributed by atoms with Crippen LogP contribution in [-0.2, 0) is 6.54 Å². The molecule has 4 nitrogen and oxygen atoms in total. The largest absolute Gasteiger partial charge is 0.384 e. The summed E-state index contributed by atoms with van der Waals surface area (Å²) in [6.07, 6.45) is 0. The van der Waals surface area contributed by atoms with E-state index in [1.165, 1.54) is 6.07 Å². The second-order valence-corrected chi connectivity index (χ2v) is 4.71. The zero-order valence-corrected chi connectivity index (χ0v) is 11.5. The maximum atomic E-state index is 14.0.